The Bertz CT molecular complexity index is 861. The van der Waals surface area contributed by atoms with Crippen LogP contribution in [0.15, 0.2) is 41.3 Å². The Hall–Kier alpha value is -2.05. The molecule has 0 amide bonds. The second-order valence-electron chi connectivity index (χ2n) is 5.98. The highest BCUT2D eigenvalue weighted by molar-refractivity contribution is 7.89. The number of nitrogens with one attached hydrogen (secondary N) is 1. The molecule has 1 unspecified atom stereocenters. The molecule has 0 saturated carbocycles. The molecule has 1 atom stereocenters. The van der Waals surface area contributed by atoms with Crippen molar-refractivity contribution in [1.82, 2.24) is 4.72 Å². The zero-order valence-corrected chi connectivity index (χ0v) is 14.8. The minimum atomic E-state index is -3.59. The number of hydrogen-bond donors (Lipinski definition) is 1. The summed E-state index contributed by atoms with van der Waals surface area (Å²) in [5.41, 5.74) is 2.49. The molecule has 6 heteroatoms. The van der Waals surface area contributed by atoms with Crippen LogP contribution in [0.25, 0.3) is 0 Å². The fourth-order valence-electron chi connectivity index (χ4n) is 2.96. The molecular weight excluding hydrogens is 326 g/mol. The first-order valence-electron chi connectivity index (χ1n) is 7.79. The smallest absolute Gasteiger partial charge is 0.240 e. The molecule has 5 nitrogen and oxygen atoms in total. The number of fused-ring (bicyclic) bond motifs is 1. The van der Waals surface area contributed by atoms with Crippen LogP contribution in [0.2, 0.25) is 0 Å². The summed E-state index contributed by atoms with van der Waals surface area (Å²) < 4.78 is 38.9. The van der Waals surface area contributed by atoms with Gasteiger partial charge in [-0.1, -0.05) is 18.2 Å². The van der Waals surface area contributed by atoms with Gasteiger partial charge in [0.25, 0.3) is 0 Å². The minimum absolute atomic E-state index is 0.0237. The maximum atomic E-state index is 12.7. The minimum Gasteiger partial charge on any atom is -0.496 e. The summed E-state index contributed by atoms with van der Waals surface area (Å²) in [4.78, 5) is 0.285. The summed E-state index contributed by atoms with van der Waals surface area (Å²) in [7, 11) is -2.01. The molecule has 0 fully saturated rings. The van der Waals surface area contributed by atoms with Gasteiger partial charge >= 0.3 is 0 Å². The predicted molar refractivity (Wildman–Crippen MR) is 92.3 cm³/mol. The van der Waals surface area contributed by atoms with Gasteiger partial charge in [0.2, 0.25) is 10.0 Å². The first-order valence-corrected chi connectivity index (χ1v) is 9.27. The number of methoxy groups -OCH3 is 1. The standard InChI is InChI=1S/C18H21NO4S/c1-12-9-18(13(2)8-17(12)22-3)24(20,21)19-10-14-11-23-16-7-5-4-6-15(14)16/h4-9,14,19H,10-11H2,1-3H3. The van der Waals surface area contributed by atoms with Crippen molar-refractivity contribution in [1.29, 1.82) is 0 Å². The molecule has 0 aromatic heterocycles. The number of aryl methyl sites for hydroxylation is 2. The second-order valence-corrected chi connectivity index (χ2v) is 7.72. The van der Waals surface area contributed by atoms with Crippen LogP contribution < -0.4 is 14.2 Å². The van der Waals surface area contributed by atoms with Crippen LogP contribution in [0.4, 0.5) is 0 Å². The molecule has 1 aliphatic rings. The van der Waals surface area contributed by atoms with E-state index >= 15 is 0 Å². The summed E-state index contributed by atoms with van der Waals surface area (Å²) in [5.74, 6) is 1.54. The monoisotopic (exact) mass is 347 g/mol. The maximum Gasteiger partial charge on any atom is 0.240 e. The van der Waals surface area contributed by atoms with Crippen molar-refractivity contribution in [3.05, 3.63) is 53.1 Å². The average molecular weight is 347 g/mol. The van der Waals surface area contributed by atoms with Crippen molar-refractivity contribution in [2.75, 3.05) is 20.3 Å². The molecule has 128 valence electrons. The number of sulfonamides is 1. The Labute approximate surface area is 142 Å². The molecule has 1 N–H and O–H groups in total. The van der Waals surface area contributed by atoms with Crippen molar-refractivity contribution in [2.45, 2.75) is 24.7 Å². The molecular formula is C18H21NO4S. The lowest BCUT2D eigenvalue weighted by molar-refractivity contribution is 0.330. The van der Waals surface area contributed by atoms with Crippen LogP contribution in [0.3, 0.4) is 0 Å². The predicted octanol–water partition coefficient (Wildman–Crippen LogP) is 2.77. The third-order valence-corrected chi connectivity index (χ3v) is 5.87. The summed E-state index contributed by atoms with van der Waals surface area (Å²) in [6, 6.07) is 11.1. The Balaban J connectivity index is 1.79. The van der Waals surface area contributed by atoms with E-state index in [0.717, 1.165) is 16.9 Å². The number of rotatable bonds is 5. The SMILES string of the molecule is COc1cc(C)c(S(=O)(=O)NCC2COc3ccccc32)cc1C. The van der Waals surface area contributed by atoms with Crippen molar-refractivity contribution in [3.63, 3.8) is 0 Å². The lowest BCUT2D eigenvalue weighted by Gasteiger charge is -2.14. The van der Waals surface area contributed by atoms with Gasteiger partial charge in [-0.3, -0.25) is 0 Å². The zero-order valence-electron chi connectivity index (χ0n) is 14.0. The quantitative estimate of drug-likeness (QED) is 0.903. The van der Waals surface area contributed by atoms with Gasteiger partial charge in [0, 0.05) is 18.0 Å². The van der Waals surface area contributed by atoms with Crippen LogP contribution in [0.1, 0.15) is 22.6 Å². The molecule has 0 saturated heterocycles. The average Bonchev–Trinajstić information content (AvgIpc) is 2.98. The van der Waals surface area contributed by atoms with E-state index < -0.39 is 10.0 Å². The molecule has 24 heavy (non-hydrogen) atoms. The van der Waals surface area contributed by atoms with Crippen molar-refractivity contribution >= 4 is 10.0 Å². The molecule has 0 radical (unpaired) electrons. The van der Waals surface area contributed by atoms with E-state index in [1.54, 1.807) is 26.2 Å². The first-order chi connectivity index (χ1) is 11.4. The fraction of sp³-hybridized carbons (Fsp3) is 0.333. The van der Waals surface area contributed by atoms with E-state index in [1.807, 2.05) is 31.2 Å². The maximum absolute atomic E-state index is 12.7. The normalized spacial score (nSPS) is 16.5. The Kier molecular flexibility index (Phi) is 4.51. The van der Waals surface area contributed by atoms with Crippen molar-refractivity contribution in [2.24, 2.45) is 0 Å². The summed E-state index contributed by atoms with van der Waals surface area (Å²) in [6.45, 7) is 4.40. The first kappa shape index (κ1) is 16.8. The third kappa shape index (κ3) is 3.12. The van der Waals surface area contributed by atoms with Crippen LogP contribution in [-0.2, 0) is 10.0 Å². The van der Waals surface area contributed by atoms with Crippen LogP contribution in [0, 0.1) is 13.8 Å². The van der Waals surface area contributed by atoms with E-state index in [4.69, 9.17) is 9.47 Å². The Morgan fingerprint density at radius 2 is 1.96 bits per heavy atom. The molecule has 1 aliphatic heterocycles. The van der Waals surface area contributed by atoms with Gasteiger partial charge in [-0.2, -0.15) is 0 Å². The van der Waals surface area contributed by atoms with E-state index in [2.05, 4.69) is 4.72 Å². The summed E-state index contributed by atoms with van der Waals surface area (Å²) in [6.07, 6.45) is 0. The van der Waals surface area contributed by atoms with Crippen LogP contribution in [-0.4, -0.2) is 28.7 Å². The third-order valence-electron chi connectivity index (χ3n) is 4.30. The molecule has 2 aromatic rings. The van der Waals surface area contributed by atoms with Gasteiger partial charge in [-0.05, 0) is 43.2 Å². The van der Waals surface area contributed by atoms with Crippen molar-refractivity contribution < 1.29 is 17.9 Å². The van der Waals surface area contributed by atoms with Gasteiger partial charge in [-0.25, -0.2) is 13.1 Å². The lowest BCUT2D eigenvalue weighted by Crippen LogP contribution is -2.29. The molecule has 0 spiro atoms. The number of para-hydroxylation sites is 1. The van der Waals surface area contributed by atoms with E-state index in [0.29, 0.717) is 24.5 Å². The highest BCUT2D eigenvalue weighted by atomic mass is 32.2. The van der Waals surface area contributed by atoms with Crippen LogP contribution in [0.5, 0.6) is 11.5 Å². The molecule has 2 aromatic carbocycles. The molecule has 3 rings (SSSR count). The number of benzene rings is 2. The number of ether oxygens (including phenoxy) is 2. The lowest BCUT2D eigenvalue weighted by atomic mass is 10.0. The summed E-state index contributed by atoms with van der Waals surface area (Å²) in [5, 5.41) is 0. The highest BCUT2D eigenvalue weighted by Crippen LogP contribution is 2.33. The summed E-state index contributed by atoms with van der Waals surface area (Å²) >= 11 is 0. The highest BCUT2D eigenvalue weighted by Gasteiger charge is 2.26. The second kappa shape index (κ2) is 6.45. The van der Waals surface area contributed by atoms with Crippen LogP contribution >= 0.6 is 0 Å². The van der Waals surface area contributed by atoms with Gasteiger partial charge < -0.3 is 9.47 Å². The van der Waals surface area contributed by atoms with Gasteiger partial charge in [0.1, 0.15) is 11.5 Å². The van der Waals surface area contributed by atoms with E-state index in [1.165, 1.54) is 0 Å². The molecule has 1 heterocycles. The van der Waals surface area contributed by atoms with Crippen molar-refractivity contribution in [3.8, 4) is 11.5 Å². The molecule has 0 bridgehead atoms. The largest absolute Gasteiger partial charge is 0.496 e. The topological polar surface area (TPSA) is 64.6 Å². The Morgan fingerprint density at radius 1 is 1.21 bits per heavy atom. The van der Waals surface area contributed by atoms with E-state index in [-0.39, 0.29) is 10.8 Å². The van der Waals surface area contributed by atoms with E-state index in [9.17, 15) is 8.42 Å². The zero-order chi connectivity index (χ0) is 17.3. The van der Waals surface area contributed by atoms with Gasteiger partial charge in [-0.15, -0.1) is 0 Å². The Morgan fingerprint density at radius 3 is 2.71 bits per heavy atom. The number of hydrogen-bond acceptors (Lipinski definition) is 4. The van der Waals surface area contributed by atoms with Gasteiger partial charge in [0.15, 0.2) is 0 Å². The molecule has 0 aliphatic carbocycles. The fourth-order valence-corrected chi connectivity index (χ4v) is 4.35. The van der Waals surface area contributed by atoms with Gasteiger partial charge in [0.05, 0.1) is 18.6 Å².